The van der Waals surface area contributed by atoms with E-state index in [9.17, 15) is 0 Å². The van der Waals surface area contributed by atoms with E-state index in [1.54, 1.807) is 7.11 Å². The third-order valence-electron chi connectivity index (χ3n) is 2.38. The van der Waals surface area contributed by atoms with E-state index in [2.05, 4.69) is 24.4 Å². The Balaban J connectivity index is 2.32. The van der Waals surface area contributed by atoms with Crippen LogP contribution in [0.2, 0.25) is 0 Å². The summed E-state index contributed by atoms with van der Waals surface area (Å²) in [4.78, 5) is 1.30. The highest BCUT2D eigenvalue weighted by molar-refractivity contribution is 8.00. The Kier molecular flexibility index (Phi) is 2.87. The lowest BCUT2D eigenvalue weighted by Crippen LogP contribution is -2.03. The molecular weight excluding hydrogens is 194 g/mol. The van der Waals surface area contributed by atoms with E-state index in [0.29, 0.717) is 5.25 Å². The van der Waals surface area contributed by atoms with E-state index in [1.807, 2.05) is 17.8 Å². The van der Waals surface area contributed by atoms with E-state index in [0.717, 1.165) is 12.3 Å². The number of anilines is 1. The van der Waals surface area contributed by atoms with Crippen molar-refractivity contribution in [1.29, 1.82) is 0 Å². The van der Waals surface area contributed by atoms with Gasteiger partial charge in [0.2, 0.25) is 0 Å². The van der Waals surface area contributed by atoms with Gasteiger partial charge in [-0.3, -0.25) is 0 Å². The molecule has 0 spiro atoms. The number of hydrogen-bond donors (Lipinski definition) is 1. The highest BCUT2D eigenvalue weighted by Crippen LogP contribution is 2.36. The zero-order chi connectivity index (χ0) is 9.97. The highest BCUT2D eigenvalue weighted by Gasteiger charge is 2.13. The molecule has 0 bridgehead atoms. The molecule has 0 fully saturated rings. The number of benzene rings is 1. The summed E-state index contributed by atoms with van der Waals surface area (Å²) in [6.45, 7) is 3.33. The summed E-state index contributed by atoms with van der Waals surface area (Å²) in [5.74, 6) is 0.937. The standard InChI is InChI=1S/C11H15NOS/c1-8-5-6-12-10-4-3-9(13-2)7-11(10)14-8/h3-4,7-8,12H,5-6H2,1-2H3. The fourth-order valence-corrected chi connectivity index (χ4v) is 2.68. The maximum absolute atomic E-state index is 5.22. The van der Waals surface area contributed by atoms with Crippen molar-refractivity contribution >= 4 is 17.4 Å². The first-order valence-electron chi connectivity index (χ1n) is 4.88. The van der Waals surface area contributed by atoms with Gasteiger partial charge >= 0.3 is 0 Å². The molecule has 1 N–H and O–H groups in total. The van der Waals surface area contributed by atoms with Gasteiger partial charge in [-0.1, -0.05) is 6.92 Å². The van der Waals surface area contributed by atoms with Crippen molar-refractivity contribution < 1.29 is 4.74 Å². The third kappa shape index (κ3) is 1.98. The van der Waals surface area contributed by atoms with Crippen LogP contribution in [0, 0.1) is 0 Å². The van der Waals surface area contributed by atoms with Crippen LogP contribution >= 0.6 is 11.8 Å². The maximum atomic E-state index is 5.22. The lowest BCUT2D eigenvalue weighted by Gasteiger charge is -2.09. The predicted molar refractivity (Wildman–Crippen MR) is 61.4 cm³/mol. The van der Waals surface area contributed by atoms with Crippen LogP contribution in [0.4, 0.5) is 5.69 Å². The smallest absolute Gasteiger partial charge is 0.120 e. The quantitative estimate of drug-likeness (QED) is 0.768. The predicted octanol–water partition coefficient (Wildman–Crippen LogP) is 2.99. The molecule has 14 heavy (non-hydrogen) atoms. The van der Waals surface area contributed by atoms with Gasteiger partial charge in [0.05, 0.1) is 7.11 Å². The fourth-order valence-electron chi connectivity index (χ4n) is 1.56. The molecule has 2 rings (SSSR count). The zero-order valence-corrected chi connectivity index (χ0v) is 9.36. The van der Waals surface area contributed by atoms with Gasteiger partial charge in [0, 0.05) is 22.4 Å². The zero-order valence-electron chi connectivity index (χ0n) is 8.54. The lowest BCUT2D eigenvalue weighted by atomic mass is 10.3. The van der Waals surface area contributed by atoms with Crippen molar-refractivity contribution in [3.05, 3.63) is 18.2 Å². The van der Waals surface area contributed by atoms with Crippen molar-refractivity contribution in [3.8, 4) is 5.75 Å². The molecule has 2 nitrogen and oxygen atoms in total. The monoisotopic (exact) mass is 209 g/mol. The second kappa shape index (κ2) is 4.13. The summed E-state index contributed by atoms with van der Waals surface area (Å²) in [7, 11) is 1.71. The van der Waals surface area contributed by atoms with Crippen LogP contribution in [0.1, 0.15) is 13.3 Å². The second-order valence-corrected chi connectivity index (χ2v) is 4.99. The van der Waals surface area contributed by atoms with E-state index >= 15 is 0 Å². The molecule has 3 heteroatoms. The number of nitrogens with one attached hydrogen (secondary N) is 1. The molecule has 0 aromatic heterocycles. The van der Waals surface area contributed by atoms with Gasteiger partial charge in [-0.2, -0.15) is 0 Å². The van der Waals surface area contributed by atoms with Gasteiger partial charge in [-0.15, -0.1) is 11.8 Å². The normalized spacial score (nSPS) is 20.6. The fraction of sp³-hybridized carbons (Fsp3) is 0.455. The van der Waals surface area contributed by atoms with Crippen LogP contribution in [-0.2, 0) is 0 Å². The number of fused-ring (bicyclic) bond motifs is 1. The molecule has 1 atom stereocenters. The minimum atomic E-state index is 0.677. The molecule has 1 aliphatic rings. The van der Waals surface area contributed by atoms with E-state index in [4.69, 9.17) is 4.74 Å². The van der Waals surface area contributed by atoms with Gasteiger partial charge in [0.1, 0.15) is 5.75 Å². The molecule has 0 saturated heterocycles. The van der Waals surface area contributed by atoms with Crippen LogP contribution in [0.15, 0.2) is 23.1 Å². The average Bonchev–Trinajstić information content (AvgIpc) is 2.37. The largest absolute Gasteiger partial charge is 0.497 e. The summed E-state index contributed by atoms with van der Waals surface area (Å²) < 4.78 is 5.22. The van der Waals surface area contributed by atoms with E-state index in [1.165, 1.54) is 17.0 Å². The second-order valence-electron chi connectivity index (χ2n) is 3.51. The van der Waals surface area contributed by atoms with Crippen LogP contribution in [0.25, 0.3) is 0 Å². The van der Waals surface area contributed by atoms with Crippen LogP contribution < -0.4 is 10.1 Å². The summed E-state index contributed by atoms with van der Waals surface area (Å²) in [6, 6.07) is 6.20. The summed E-state index contributed by atoms with van der Waals surface area (Å²) in [5.41, 5.74) is 1.24. The molecule has 0 aliphatic carbocycles. The molecule has 76 valence electrons. The van der Waals surface area contributed by atoms with Crippen LogP contribution in [0.5, 0.6) is 5.75 Å². The minimum Gasteiger partial charge on any atom is -0.497 e. The van der Waals surface area contributed by atoms with Gasteiger partial charge in [0.25, 0.3) is 0 Å². The number of ether oxygens (including phenoxy) is 1. The molecule has 0 amide bonds. The SMILES string of the molecule is COc1ccc2c(c1)SC(C)CCN2. The Hall–Kier alpha value is -0.830. The van der Waals surface area contributed by atoms with Crippen molar-refractivity contribution in [1.82, 2.24) is 0 Å². The first-order chi connectivity index (χ1) is 6.79. The Morgan fingerprint density at radius 3 is 3.14 bits per heavy atom. The summed E-state index contributed by atoms with van der Waals surface area (Å²) >= 11 is 1.92. The van der Waals surface area contributed by atoms with E-state index < -0.39 is 0 Å². The average molecular weight is 209 g/mol. The topological polar surface area (TPSA) is 21.3 Å². The van der Waals surface area contributed by atoms with Gasteiger partial charge in [-0.25, -0.2) is 0 Å². The summed E-state index contributed by atoms with van der Waals surface area (Å²) in [6.07, 6.45) is 1.21. The van der Waals surface area contributed by atoms with Crippen molar-refractivity contribution in [3.63, 3.8) is 0 Å². The van der Waals surface area contributed by atoms with Crippen molar-refractivity contribution in [2.24, 2.45) is 0 Å². The minimum absolute atomic E-state index is 0.677. The van der Waals surface area contributed by atoms with Gasteiger partial charge in [-0.05, 0) is 24.6 Å². The molecule has 1 aromatic carbocycles. The molecule has 1 aromatic rings. The first-order valence-corrected chi connectivity index (χ1v) is 5.76. The number of methoxy groups -OCH3 is 1. The Morgan fingerprint density at radius 1 is 1.50 bits per heavy atom. The Morgan fingerprint density at radius 2 is 2.36 bits per heavy atom. The third-order valence-corrected chi connectivity index (χ3v) is 3.61. The van der Waals surface area contributed by atoms with Gasteiger partial charge < -0.3 is 10.1 Å². The highest BCUT2D eigenvalue weighted by atomic mass is 32.2. The molecule has 0 radical (unpaired) electrons. The molecule has 1 unspecified atom stereocenters. The Labute approximate surface area is 89.0 Å². The lowest BCUT2D eigenvalue weighted by molar-refractivity contribution is 0.414. The molecule has 1 aliphatic heterocycles. The molecule has 0 saturated carbocycles. The van der Waals surface area contributed by atoms with Crippen LogP contribution in [0.3, 0.4) is 0 Å². The maximum Gasteiger partial charge on any atom is 0.120 e. The number of thioether (sulfide) groups is 1. The first kappa shape index (κ1) is 9.71. The number of hydrogen-bond acceptors (Lipinski definition) is 3. The van der Waals surface area contributed by atoms with Crippen molar-refractivity contribution in [2.75, 3.05) is 19.0 Å². The van der Waals surface area contributed by atoms with Crippen LogP contribution in [-0.4, -0.2) is 18.9 Å². The Bertz CT molecular complexity index is 327. The van der Waals surface area contributed by atoms with Gasteiger partial charge in [0.15, 0.2) is 0 Å². The molecule has 1 heterocycles. The number of rotatable bonds is 1. The molecular formula is C11H15NOS. The van der Waals surface area contributed by atoms with Crippen molar-refractivity contribution in [2.45, 2.75) is 23.5 Å². The summed E-state index contributed by atoms with van der Waals surface area (Å²) in [5, 5.41) is 4.11. The van der Waals surface area contributed by atoms with E-state index in [-0.39, 0.29) is 0 Å².